The van der Waals surface area contributed by atoms with Crippen molar-refractivity contribution in [1.29, 1.82) is 5.26 Å². The molecule has 0 unspecified atom stereocenters. The maximum Gasteiger partial charge on any atom is 0.343 e. The molecule has 2 aromatic carbocycles. The molecule has 3 rings (SSSR count). The minimum absolute atomic E-state index is 0.352. The van der Waals surface area contributed by atoms with E-state index in [9.17, 15) is 10.1 Å². The third-order valence-electron chi connectivity index (χ3n) is 9.12. The fourth-order valence-electron chi connectivity index (χ4n) is 6.42. The van der Waals surface area contributed by atoms with Crippen molar-refractivity contribution in [3.63, 3.8) is 0 Å². The molecular formula is C38H55NO2. The number of rotatable bonds is 19. The van der Waals surface area contributed by atoms with Crippen LogP contribution >= 0.6 is 0 Å². The molecule has 1 aliphatic carbocycles. The maximum absolute atomic E-state index is 12.9. The van der Waals surface area contributed by atoms with Crippen LogP contribution in [0, 0.1) is 17.2 Å². The molecule has 1 aliphatic rings. The Morgan fingerprint density at radius 1 is 0.756 bits per heavy atom. The SMILES string of the molecule is CCCCCCCCCCc1ccc(OC(=O)c2ccc(C3CCC(CCCCCCCC)CC3)cc2)c(C#N)c1. The molecule has 1 fully saturated rings. The number of ether oxygens (including phenoxy) is 1. The number of carbonyl (C=O) groups is 1. The Bertz CT molecular complexity index is 1040. The first-order chi connectivity index (χ1) is 20.1. The van der Waals surface area contributed by atoms with Gasteiger partial charge in [0.05, 0.1) is 11.1 Å². The molecule has 2 aromatic rings. The smallest absolute Gasteiger partial charge is 0.343 e. The predicted octanol–water partition coefficient (Wildman–Crippen LogP) is 11.5. The van der Waals surface area contributed by atoms with E-state index in [4.69, 9.17) is 4.74 Å². The van der Waals surface area contributed by atoms with Crippen molar-refractivity contribution in [1.82, 2.24) is 0 Å². The van der Waals surface area contributed by atoms with E-state index in [1.165, 1.54) is 121 Å². The van der Waals surface area contributed by atoms with Crippen molar-refractivity contribution in [3.05, 3.63) is 64.7 Å². The molecule has 0 spiro atoms. The molecule has 0 aliphatic heterocycles. The molecule has 1 saturated carbocycles. The number of benzene rings is 2. The van der Waals surface area contributed by atoms with Crippen LogP contribution < -0.4 is 4.74 Å². The van der Waals surface area contributed by atoms with E-state index in [0.29, 0.717) is 22.8 Å². The first-order valence-corrected chi connectivity index (χ1v) is 17.0. The van der Waals surface area contributed by atoms with Crippen molar-refractivity contribution in [2.45, 2.75) is 148 Å². The fraction of sp³-hybridized carbons (Fsp3) is 0.632. The van der Waals surface area contributed by atoms with E-state index in [2.05, 4.69) is 32.0 Å². The molecule has 0 heterocycles. The molecule has 41 heavy (non-hydrogen) atoms. The van der Waals surface area contributed by atoms with Crippen molar-refractivity contribution >= 4 is 5.97 Å². The number of hydrogen-bond donors (Lipinski definition) is 0. The number of nitrogens with zero attached hydrogens (tertiary/aromatic N) is 1. The van der Waals surface area contributed by atoms with Gasteiger partial charge in [-0.3, -0.25) is 0 Å². The summed E-state index contributed by atoms with van der Waals surface area (Å²) in [4.78, 5) is 12.9. The normalized spacial score (nSPS) is 16.8. The summed E-state index contributed by atoms with van der Waals surface area (Å²) in [5.74, 6) is 1.45. The monoisotopic (exact) mass is 557 g/mol. The molecule has 3 heteroatoms. The Hall–Kier alpha value is -2.60. The zero-order chi connectivity index (χ0) is 29.1. The van der Waals surface area contributed by atoms with Crippen LogP contribution in [0.2, 0.25) is 0 Å². The van der Waals surface area contributed by atoms with Gasteiger partial charge in [-0.1, -0.05) is 122 Å². The van der Waals surface area contributed by atoms with E-state index < -0.39 is 5.97 Å². The predicted molar refractivity (Wildman–Crippen MR) is 172 cm³/mol. The second-order valence-corrected chi connectivity index (χ2v) is 12.5. The summed E-state index contributed by atoms with van der Waals surface area (Å²) < 4.78 is 5.67. The zero-order valence-corrected chi connectivity index (χ0v) is 26.1. The lowest BCUT2D eigenvalue weighted by atomic mass is 9.77. The topological polar surface area (TPSA) is 50.1 Å². The molecule has 0 bridgehead atoms. The summed E-state index contributed by atoms with van der Waals surface area (Å²) in [5, 5.41) is 9.69. The minimum Gasteiger partial charge on any atom is -0.422 e. The van der Waals surface area contributed by atoms with Crippen LogP contribution in [0.15, 0.2) is 42.5 Å². The molecule has 0 saturated heterocycles. The first kappa shape index (κ1) is 32.9. The zero-order valence-electron chi connectivity index (χ0n) is 26.1. The lowest BCUT2D eigenvalue weighted by Gasteiger charge is -2.29. The molecule has 0 aromatic heterocycles. The van der Waals surface area contributed by atoms with Crippen LogP contribution in [0.4, 0.5) is 0 Å². The second-order valence-electron chi connectivity index (χ2n) is 12.5. The van der Waals surface area contributed by atoms with Gasteiger partial charge in [0.1, 0.15) is 11.8 Å². The standard InChI is InChI=1S/C38H55NO2/c1-3-5-7-9-11-12-14-16-18-32-21-28-37(36(29-32)30-39)41-38(40)35-26-24-34(25-27-35)33-22-19-31(20-23-33)17-15-13-10-8-6-4-2/h21,24-29,31,33H,3-20,22-23H2,1-2H3. The lowest BCUT2D eigenvalue weighted by molar-refractivity contribution is 0.0734. The van der Waals surface area contributed by atoms with Gasteiger partial charge in [0, 0.05) is 0 Å². The van der Waals surface area contributed by atoms with Crippen molar-refractivity contribution < 1.29 is 9.53 Å². The van der Waals surface area contributed by atoms with Gasteiger partial charge in [0.15, 0.2) is 0 Å². The van der Waals surface area contributed by atoms with Crippen LogP contribution in [-0.4, -0.2) is 5.97 Å². The van der Waals surface area contributed by atoms with Gasteiger partial charge in [-0.2, -0.15) is 5.26 Å². The number of hydrogen-bond acceptors (Lipinski definition) is 3. The summed E-state index contributed by atoms with van der Waals surface area (Å²) in [6, 6.07) is 15.9. The van der Waals surface area contributed by atoms with E-state index in [-0.39, 0.29) is 0 Å². The van der Waals surface area contributed by atoms with Crippen LogP contribution in [0.1, 0.15) is 169 Å². The van der Waals surface area contributed by atoms with E-state index in [1.807, 2.05) is 24.3 Å². The van der Waals surface area contributed by atoms with Crippen LogP contribution in [-0.2, 0) is 6.42 Å². The van der Waals surface area contributed by atoms with Gasteiger partial charge >= 0.3 is 5.97 Å². The van der Waals surface area contributed by atoms with Crippen molar-refractivity contribution in [2.75, 3.05) is 0 Å². The molecule has 3 nitrogen and oxygen atoms in total. The third kappa shape index (κ3) is 12.0. The Balaban J connectivity index is 1.40. The van der Waals surface area contributed by atoms with E-state index in [1.54, 1.807) is 6.07 Å². The van der Waals surface area contributed by atoms with Crippen molar-refractivity contribution in [3.8, 4) is 11.8 Å². The molecule has 0 N–H and O–H groups in total. The largest absolute Gasteiger partial charge is 0.422 e. The molecule has 0 atom stereocenters. The summed E-state index contributed by atoms with van der Waals surface area (Å²) >= 11 is 0. The highest BCUT2D eigenvalue weighted by atomic mass is 16.5. The number of aryl methyl sites for hydroxylation is 1. The van der Waals surface area contributed by atoms with Gasteiger partial charge in [-0.05, 0) is 85.8 Å². The minimum atomic E-state index is -0.397. The lowest BCUT2D eigenvalue weighted by Crippen LogP contribution is -2.14. The fourth-order valence-corrected chi connectivity index (χ4v) is 6.42. The average molecular weight is 558 g/mol. The van der Waals surface area contributed by atoms with Crippen LogP contribution in [0.5, 0.6) is 5.75 Å². The molecular weight excluding hydrogens is 502 g/mol. The van der Waals surface area contributed by atoms with Crippen molar-refractivity contribution in [2.24, 2.45) is 5.92 Å². The number of nitriles is 1. The Morgan fingerprint density at radius 3 is 1.95 bits per heavy atom. The molecule has 0 radical (unpaired) electrons. The Kier molecular flexibility index (Phi) is 15.7. The van der Waals surface area contributed by atoms with Crippen LogP contribution in [0.25, 0.3) is 0 Å². The van der Waals surface area contributed by atoms with Gasteiger partial charge in [-0.15, -0.1) is 0 Å². The highest BCUT2D eigenvalue weighted by Crippen LogP contribution is 2.38. The number of unbranched alkanes of at least 4 members (excludes halogenated alkanes) is 12. The maximum atomic E-state index is 12.9. The second kappa shape index (κ2) is 19.5. The molecule has 224 valence electrons. The third-order valence-corrected chi connectivity index (χ3v) is 9.12. The van der Waals surface area contributed by atoms with Gasteiger partial charge in [-0.25, -0.2) is 4.79 Å². The summed E-state index contributed by atoms with van der Waals surface area (Å²) in [6.45, 7) is 4.53. The Labute approximate surface area is 251 Å². The van der Waals surface area contributed by atoms with Gasteiger partial charge in [0.25, 0.3) is 0 Å². The average Bonchev–Trinajstić information content (AvgIpc) is 3.01. The number of esters is 1. The van der Waals surface area contributed by atoms with Crippen LogP contribution in [0.3, 0.4) is 0 Å². The number of carbonyl (C=O) groups excluding carboxylic acids is 1. The summed E-state index contributed by atoms with van der Waals surface area (Å²) in [6.07, 6.45) is 26.1. The van der Waals surface area contributed by atoms with E-state index in [0.717, 1.165) is 24.3 Å². The Morgan fingerprint density at radius 2 is 1.34 bits per heavy atom. The van der Waals surface area contributed by atoms with Gasteiger partial charge < -0.3 is 4.74 Å². The highest BCUT2D eigenvalue weighted by molar-refractivity contribution is 5.91. The summed E-state index contributed by atoms with van der Waals surface area (Å²) in [5.41, 5.74) is 3.45. The quantitative estimate of drug-likeness (QED) is 0.0980. The molecule has 0 amide bonds. The van der Waals surface area contributed by atoms with E-state index >= 15 is 0 Å². The van der Waals surface area contributed by atoms with Gasteiger partial charge in [0.2, 0.25) is 0 Å². The summed E-state index contributed by atoms with van der Waals surface area (Å²) in [7, 11) is 0. The first-order valence-electron chi connectivity index (χ1n) is 17.0. The highest BCUT2D eigenvalue weighted by Gasteiger charge is 2.22.